The Kier molecular flexibility index (Phi) is 3.07. The molecule has 0 aliphatic carbocycles. The van der Waals surface area contributed by atoms with Crippen LogP contribution in [0.3, 0.4) is 0 Å². The summed E-state index contributed by atoms with van der Waals surface area (Å²) >= 11 is 0. The van der Waals surface area contributed by atoms with E-state index in [1.165, 1.54) is 6.07 Å². The molecule has 0 saturated carbocycles. The fourth-order valence-corrected chi connectivity index (χ4v) is 1.47. The van der Waals surface area contributed by atoms with E-state index in [2.05, 4.69) is 15.3 Å². The number of aromatic nitrogens is 4. The number of halogens is 3. The lowest BCUT2D eigenvalue weighted by Gasteiger charge is -2.16. The van der Waals surface area contributed by atoms with Gasteiger partial charge >= 0.3 is 6.18 Å². The number of hydrogen-bond acceptors (Lipinski definition) is 5. The summed E-state index contributed by atoms with van der Waals surface area (Å²) in [6.07, 6.45) is -4.59. The van der Waals surface area contributed by atoms with Gasteiger partial charge in [0, 0.05) is 20.1 Å². The van der Waals surface area contributed by atoms with Crippen LogP contribution in [0.4, 0.5) is 19.0 Å². The molecule has 0 unspecified atom stereocenters. The smallest absolute Gasteiger partial charge is 0.357 e. The van der Waals surface area contributed by atoms with Gasteiger partial charge in [-0.2, -0.15) is 17.7 Å². The fraction of sp³-hybridized carbons (Fsp3) is 0.444. The highest BCUT2D eigenvalue weighted by Gasteiger charge is 2.37. The van der Waals surface area contributed by atoms with E-state index in [0.717, 1.165) is 0 Å². The lowest BCUT2D eigenvalue weighted by atomic mass is 10.4. The van der Waals surface area contributed by atoms with E-state index >= 15 is 0 Å². The summed E-state index contributed by atoms with van der Waals surface area (Å²) in [7, 11) is 1.69. The number of fused-ring (bicyclic) bond motifs is 1. The van der Waals surface area contributed by atoms with Crippen LogP contribution in [0.2, 0.25) is 0 Å². The van der Waals surface area contributed by atoms with Crippen LogP contribution in [0, 0.1) is 0 Å². The molecular formula is C9H11F3N6. The highest BCUT2D eigenvalue weighted by atomic mass is 19.4. The number of likely N-dealkylation sites (N-methyl/N-ethyl adjacent to an activating group) is 1. The first-order chi connectivity index (χ1) is 8.43. The van der Waals surface area contributed by atoms with Crippen molar-refractivity contribution in [1.29, 1.82) is 0 Å². The molecule has 0 radical (unpaired) electrons. The number of nitrogens with zero attached hydrogens (tertiary/aromatic N) is 5. The van der Waals surface area contributed by atoms with Gasteiger partial charge in [0.05, 0.1) is 0 Å². The molecule has 2 aromatic rings. The molecule has 9 heteroatoms. The molecular weight excluding hydrogens is 249 g/mol. The lowest BCUT2D eigenvalue weighted by Crippen LogP contribution is -2.26. The Hall–Kier alpha value is -1.90. The third-order valence-corrected chi connectivity index (χ3v) is 2.36. The molecule has 0 spiro atoms. The number of anilines is 1. The second-order valence-corrected chi connectivity index (χ2v) is 3.69. The summed E-state index contributed by atoms with van der Waals surface area (Å²) in [6.45, 7) is 0.868. The van der Waals surface area contributed by atoms with Gasteiger partial charge in [-0.15, -0.1) is 15.3 Å². The predicted octanol–water partition coefficient (Wildman–Crippen LogP) is 0.538. The molecule has 2 heterocycles. The molecule has 2 aromatic heterocycles. The zero-order valence-corrected chi connectivity index (χ0v) is 9.52. The van der Waals surface area contributed by atoms with Crippen molar-refractivity contribution in [3.8, 4) is 0 Å². The topological polar surface area (TPSA) is 72.3 Å². The van der Waals surface area contributed by atoms with E-state index in [0.29, 0.717) is 23.4 Å². The van der Waals surface area contributed by atoms with E-state index in [1.807, 2.05) is 0 Å². The molecule has 2 N–H and O–H groups in total. The maximum absolute atomic E-state index is 12.6. The third kappa shape index (κ3) is 2.21. The number of alkyl halides is 3. The molecule has 0 aromatic carbocycles. The molecule has 18 heavy (non-hydrogen) atoms. The Morgan fingerprint density at radius 1 is 1.33 bits per heavy atom. The standard InChI is InChI=1S/C9H11F3N6/c1-17(5-4-13)7-3-2-6-14-15-8(9(10,11)12)18(6)16-7/h2-3H,4-5,13H2,1H3. The molecule has 0 fully saturated rings. The Morgan fingerprint density at radius 2 is 2.06 bits per heavy atom. The minimum Gasteiger partial charge on any atom is -0.357 e. The summed E-state index contributed by atoms with van der Waals surface area (Å²) in [5.41, 5.74) is 5.43. The van der Waals surface area contributed by atoms with Crippen molar-refractivity contribution >= 4 is 11.5 Å². The van der Waals surface area contributed by atoms with Gasteiger partial charge in [-0.3, -0.25) is 0 Å². The summed E-state index contributed by atoms with van der Waals surface area (Å²) in [5, 5.41) is 10.4. The van der Waals surface area contributed by atoms with Gasteiger partial charge in [0.15, 0.2) is 5.65 Å². The Balaban J connectivity index is 2.49. The van der Waals surface area contributed by atoms with Crippen molar-refractivity contribution in [3.63, 3.8) is 0 Å². The Morgan fingerprint density at radius 3 is 2.67 bits per heavy atom. The van der Waals surface area contributed by atoms with Crippen molar-refractivity contribution in [2.24, 2.45) is 5.73 Å². The van der Waals surface area contributed by atoms with Crippen LogP contribution >= 0.6 is 0 Å². The van der Waals surface area contributed by atoms with Gasteiger partial charge < -0.3 is 10.6 Å². The van der Waals surface area contributed by atoms with Gasteiger partial charge in [0.1, 0.15) is 5.82 Å². The van der Waals surface area contributed by atoms with Crippen LogP contribution in [0.1, 0.15) is 5.82 Å². The molecule has 0 saturated heterocycles. The van der Waals surface area contributed by atoms with Crippen LogP contribution in [-0.4, -0.2) is 39.9 Å². The van der Waals surface area contributed by atoms with Gasteiger partial charge in [0.2, 0.25) is 0 Å². The van der Waals surface area contributed by atoms with Gasteiger partial charge in [-0.1, -0.05) is 0 Å². The van der Waals surface area contributed by atoms with Crippen LogP contribution in [0.5, 0.6) is 0 Å². The molecule has 2 rings (SSSR count). The number of rotatable bonds is 3. The van der Waals surface area contributed by atoms with Gasteiger partial charge in [-0.05, 0) is 12.1 Å². The molecule has 0 atom stereocenters. The van der Waals surface area contributed by atoms with Crippen LogP contribution in [0.25, 0.3) is 5.65 Å². The zero-order valence-electron chi connectivity index (χ0n) is 9.52. The van der Waals surface area contributed by atoms with Gasteiger partial charge in [-0.25, -0.2) is 0 Å². The van der Waals surface area contributed by atoms with Crippen molar-refractivity contribution in [2.75, 3.05) is 25.0 Å². The predicted molar refractivity (Wildman–Crippen MR) is 58.1 cm³/mol. The molecule has 0 aliphatic rings. The van der Waals surface area contributed by atoms with E-state index in [4.69, 9.17) is 5.73 Å². The maximum atomic E-state index is 12.6. The Bertz CT molecular complexity index is 549. The average Bonchev–Trinajstić information content (AvgIpc) is 2.71. The van der Waals surface area contributed by atoms with Crippen molar-refractivity contribution in [2.45, 2.75) is 6.18 Å². The van der Waals surface area contributed by atoms with E-state index in [1.54, 1.807) is 18.0 Å². The SMILES string of the molecule is CN(CCN)c1ccc2nnc(C(F)(F)F)n2n1. The highest BCUT2D eigenvalue weighted by Crippen LogP contribution is 2.27. The molecule has 0 aliphatic heterocycles. The summed E-state index contributed by atoms with van der Waals surface area (Å²) < 4.78 is 38.6. The van der Waals surface area contributed by atoms with E-state index < -0.39 is 12.0 Å². The van der Waals surface area contributed by atoms with Crippen LogP contribution < -0.4 is 10.6 Å². The summed E-state index contributed by atoms with van der Waals surface area (Å²) in [6, 6.07) is 3.00. The molecule has 6 nitrogen and oxygen atoms in total. The number of hydrogen-bond donors (Lipinski definition) is 1. The second kappa shape index (κ2) is 4.41. The monoisotopic (exact) mass is 260 g/mol. The maximum Gasteiger partial charge on any atom is 0.453 e. The first-order valence-electron chi connectivity index (χ1n) is 5.14. The normalized spacial score (nSPS) is 12.1. The van der Waals surface area contributed by atoms with E-state index in [9.17, 15) is 13.2 Å². The highest BCUT2D eigenvalue weighted by molar-refractivity contribution is 5.45. The Labute approximate surface area is 100 Å². The first-order valence-corrected chi connectivity index (χ1v) is 5.14. The van der Waals surface area contributed by atoms with E-state index in [-0.39, 0.29) is 5.65 Å². The largest absolute Gasteiger partial charge is 0.453 e. The molecule has 98 valence electrons. The van der Waals surface area contributed by atoms with Crippen molar-refractivity contribution in [1.82, 2.24) is 19.8 Å². The molecule has 0 bridgehead atoms. The van der Waals surface area contributed by atoms with Crippen molar-refractivity contribution in [3.05, 3.63) is 18.0 Å². The average molecular weight is 260 g/mol. The number of nitrogens with two attached hydrogens (primary N) is 1. The van der Waals surface area contributed by atoms with Crippen molar-refractivity contribution < 1.29 is 13.2 Å². The third-order valence-electron chi connectivity index (χ3n) is 2.36. The summed E-state index contributed by atoms with van der Waals surface area (Å²) in [4.78, 5) is 1.65. The van der Waals surface area contributed by atoms with Crippen LogP contribution in [-0.2, 0) is 6.18 Å². The van der Waals surface area contributed by atoms with Crippen LogP contribution in [0.15, 0.2) is 12.1 Å². The zero-order chi connectivity index (χ0) is 13.3. The minimum atomic E-state index is -4.59. The second-order valence-electron chi connectivity index (χ2n) is 3.69. The molecule has 0 amide bonds. The quantitative estimate of drug-likeness (QED) is 0.872. The lowest BCUT2D eigenvalue weighted by molar-refractivity contribution is -0.146. The van der Waals surface area contributed by atoms with Gasteiger partial charge in [0.25, 0.3) is 5.82 Å². The fourth-order valence-electron chi connectivity index (χ4n) is 1.47. The summed E-state index contributed by atoms with van der Waals surface area (Å²) in [5.74, 6) is -0.765. The minimum absolute atomic E-state index is 0.0484. The first kappa shape index (κ1) is 12.6.